The lowest BCUT2D eigenvalue weighted by atomic mass is 9.82. The molecule has 34 heavy (non-hydrogen) atoms. The van der Waals surface area contributed by atoms with Gasteiger partial charge in [0.05, 0.1) is 18.8 Å². The fraction of sp³-hybridized carbons (Fsp3) is 0.591. The summed E-state index contributed by atoms with van der Waals surface area (Å²) in [5.41, 5.74) is 0.990. The standard InChI is InChI=1S/C22H23ClF3N3O5/c23-13-2-5-16-11(7-13)1-4-17(32-16)19(30)27-14-3-6-18(31-10-14)21-29-28-20(33-21)12-8-15(9-12)34-22(24,25)26/h2,5,7,12,14-15,17-18H,1,3-4,6,8-10H2,(H,27,30)/t12-,14-,15+,17?,18+/m0/s1. The molecule has 1 aromatic heterocycles. The van der Waals surface area contributed by atoms with Crippen LogP contribution in [0.2, 0.25) is 5.02 Å². The van der Waals surface area contributed by atoms with Crippen LogP contribution in [0.3, 0.4) is 0 Å². The average Bonchev–Trinajstić information content (AvgIpc) is 3.25. The number of nitrogens with one attached hydrogen (secondary N) is 1. The predicted molar refractivity (Wildman–Crippen MR) is 111 cm³/mol. The zero-order valence-electron chi connectivity index (χ0n) is 18.0. The molecule has 1 saturated heterocycles. The molecule has 12 heteroatoms. The lowest BCUT2D eigenvalue weighted by molar-refractivity contribution is -0.352. The normalized spacial score (nSPS) is 29.0. The molecule has 3 aliphatic rings. The fourth-order valence-electron chi connectivity index (χ4n) is 4.49. The molecule has 5 rings (SSSR count). The number of amides is 1. The molecule has 2 aromatic rings. The van der Waals surface area contributed by atoms with E-state index in [1.54, 1.807) is 12.1 Å². The van der Waals surface area contributed by atoms with Gasteiger partial charge in [-0.15, -0.1) is 23.4 Å². The molecule has 3 atom stereocenters. The van der Waals surface area contributed by atoms with Crippen molar-refractivity contribution in [3.8, 4) is 5.75 Å². The summed E-state index contributed by atoms with van der Waals surface area (Å²) in [6.45, 7) is 0.276. The molecule has 1 unspecified atom stereocenters. The van der Waals surface area contributed by atoms with E-state index in [0.717, 1.165) is 5.56 Å². The molecular formula is C22H23ClF3N3O5. The molecule has 0 bridgehead atoms. The Hall–Kier alpha value is -2.37. The molecule has 1 aromatic carbocycles. The van der Waals surface area contributed by atoms with E-state index in [1.165, 1.54) is 0 Å². The van der Waals surface area contributed by atoms with E-state index in [4.69, 9.17) is 25.5 Å². The van der Waals surface area contributed by atoms with Gasteiger partial charge in [-0.2, -0.15) is 0 Å². The van der Waals surface area contributed by atoms with Crippen LogP contribution in [0.15, 0.2) is 22.6 Å². The van der Waals surface area contributed by atoms with E-state index in [9.17, 15) is 18.0 Å². The van der Waals surface area contributed by atoms with Crippen LogP contribution in [0, 0.1) is 0 Å². The van der Waals surface area contributed by atoms with Crippen molar-refractivity contribution in [3.05, 3.63) is 40.6 Å². The number of aromatic nitrogens is 2. The van der Waals surface area contributed by atoms with Crippen molar-refractivity contribution in [1.82, 2.24) is 15.5 Å². The molecule has 2 fully saturated rings. The molecule has 1 N–H and O–H groups in total. The number of rotatable bonds is 5. The number of aryl methyl sites for hydroxylation is 1. The van der Waals surface area contributed by atoms with E-state index in [2.05, 4.69) is 20.3 Å². The number of carbonyl (C=O) groups excluding carboxylic acids is 1. The summed E-state index contributed by atoms with van der Waals surface area (Å²) >= 11 is 6.01. The van der Waals surface area contributed by atoms with E-state index >= 15 is 0 Å². The van der Waals surface area contributed by atoms with E-state index in [0.29, 0.717) is 48.2 Å². The first kappa shape index (κ1) is 23.4. The fourth-order valence-corrected chi connectivity index (χ4v) is 4.68. The summed E-state index contributed by atoms with van der Waals surface area (Å²) in [5, 5.41) is 11.6. The largest absolute Gasteiger partial charge is 0.522 e. The smallest absolute Gasteiger partial charge is 0.480 e. The van der Waals surface area contributed by atoms with E-state index < -0.39 is 24.7 Å². The highest BCUT2D eigenvalue weighted by molar-refractivity contribution is 6.30. The van der Waals surface area contributed by atoms with Crippen molar-refractivity contribution in [3.63, 3.8) is 0 Å². The topological polar surface area (TPSA) is 95.7 Å². The molecular weight excluding hydrogens is 479 g/mol. The van der Waals surface area contributed by atoms with Crippen LogP contribution in [0.25, 0.3) is 0 Å². The van der Waals surface area contributed by atoms with E-state index in [1.807, 2.05) is 6.07 Å². The van der Waals surface area contributed by atoms with Crippen LogP contribution in [0.4, 0.5) is 13.2 Å². The molecule has 184 valence electrons. The number of carbonyl (C=O) groups is 1. The Morgan fingerprint density at radius 1 is 1.15 bits per heavy atom. The van der Waals surface area contributed by atoms with Gasteiger partial charge in [0.15, 0.2) is 6.10 Å². The van der Waals surface area contributed by atoms with Crippen LogP contribution in [0.5, 0.6) is 5.75 Å². The van der Waals surface area contributed by atoms with Crippen LogP contribution in [0.1, 0.15) is 61.5 Å². The molecule has 0 spiro atoms. The van der Waals surface area contributed by atoms with Crippen LogP contribution in [-0.2, 0) is 20.7 Å². The summed E-state index contributed by atoms with van der Waals surface area (Å²) in [6, 6.07) is 5.19. The van der Waals surface area contributed by atoms with Crippen molar-refractivity contribution in [2.24, 2.45) is 0 Å². The SMILES string of the molecule is O=C(N[C@H]1CC[C@H](c2nnc([C@H]3C[C@@H](OC(F)(F)F)C3)o2)OC1)C1CCc2cc(Cl)ccc2O1. The van der Waals surface area contributed by atoms with Crippen molar-refractivity contribution in [2.75, 3.05) is 6.61 Å². The molecule has 8 nitrogen and oxygen atoms in total. The Balaban J connectivity index is 1.07. The molecule has 1 aliphatic carbocycles. The molecule has 2 aliphatic heterocycles. The number of halogens is 4. The third-order valence-electron chi connectivity index (χ3n) is 6.36. The highest BCUT2D eigenvalue weighted by Gasteiger charge is 2.43. The van der Waals surface area contributed by atoms with Gasteiger partial charge in [-0.1, -0.05) is 11.6 Å². The van der Waals surface area contributed by atoms with Gasteiger partial charge < -0.3 is 19.2 Å². The number of benzene rings is 1. The van der Waals surface area contributed by atoms with Crippen LogP contribution >= 0.6 is 11.6 Å². The highest BCUT2D eigenvalue weighted by Crippen LogP contribution is 2.41. The highest BCUT2D eigenvalue weighted by atomic mass is 35.5. The van der Waals surface area contributed by atoms with Gasteiger partial charge in [0.2, 0.25) is 11.8 Å². The summed E-state index contributed by atoms with van der Waals surface area (Å²) in [4.78, 5) is 12.7. The molecule has 1 saturated carbocycles. The Bertz CT molecular complexity index is 1040. The lowest BCUT2D eigenvalue weighted by Crippen LogP contribution is -2.48. The first-order valence-electron chi connectivity index (χ1n) is 11.2. The van der Waals surface area contributed by atoms with Crippen molar-refractivity contribution in [2.45, 2.75) is 75.2 Å². The Labute approximate surface area is 198 Å². The minimum atomic E-state index is -4.64. The minimum absolute atomic E-state index is 0.173. The predicted octanol–water partition coefficient (Wildman–Crippen LogP) is 4.24. The van der Waals surface area contributed by atoms with Gasteiger partial charge >= 0.3 is 6.36 Å². The minimum Gasteiger partial charge on any atom is -0.480 e. The molecule has 0 radical (unpaired) electrons. The molecule has 1 amide bonds. The second-order valence-electron chi connectivity index (χ2n) is 8.83. The van der Waals surface area contributed by atoms with Crippen molar-refractivity contribution < 1.29 is 36.6 Å². The summed E-state index contributed by atoms with van der Waals surface area (Å²) in [5.74, 6) is 0.831. The zero-order chi connectivity index (χ0) is 23.9. The van der Waals surface area contributed by atoms with Crippen LogP contribution in [-0.4, -0.2) is 47.3 Å². The van der Waals surface area contributed by atoms with Crippen LogP contribution < -0.4 is 10.1 Å². The quantitative estimate of drug-likeness (QED) is 0.654. The number of nitrogens with zero attached hydrogens (tertiary/aromatic N) is 2. The third kappa shape index (κ3) is 5.31. The summed E-state index contributed by atoms with van der Waals surface area (Å²) < 4.78 is 58.1. The van der Waals surface area contributed by atoms with Crippen molar-refractivity contribution in [1.29, 1.82) is 0 Å². The molecule has 3 heterocycles. The monoisotopic (exact) mass is 501 g/mol. The van der Waals surface area contributed by atoms with Gasteiger partial charge in [0, 0.05) is 10.9 Å². The van der Waals surface area contributed by atoms with Gasteiger partial charge in [-0.25, -0.2) is 0 Å². The number of hydrogen-bond acceptors (Lipinski definition) is 7. The lowest BCUT2D eigenvalue weighted by Gasteiger charge is -2.33. The number of alkyl halides is 3. The van der Waals surface area contributed by atoms with Gasteiger partial charge in [-0.05, 0) is 62.3 Å². The van der Waals surface area contributed by atoms with Crippen molar-refractivity contribution >= 4 is 17.5 Å². The maximum atomic E-state index is 12.7. The maximum absolute atomic E-state index is 12.7. The summed E-state index contributed by atoms with van der Waals surface area (Å²) in [7, 11) is 0. The van der Waals surface area contributed by atoms with Gasteiger partial charge in [0.25, 0.3) is 5.91 Å². The Morgan fingerprint density at radius 3 is 2.68 bits per heavy atom. The first-order chi connectivity index (χ1) is 16.2. The van der Waals surface area contributed by atoms with Gasteiger partial charge in [0.1, 0.15) is 11.9 Å². The number of hydrogen-bond donors (Lipinski definition) is 1. The maximum Gasteiger partial charge on any atom is 0.522 e. The van der Waals surface area contributed by atoms with E-state index in [-0.39, 0.29) is 37.3 Å². The Morgan fingerprint density at radius 2 is 1.94 bits per heavy atom. The first-order valence-corrected chi connectivity index (χ1v) is 11.6. The van der Waals surface area contributed by atoms with Gasteiger partial charge in [-0.3, -0.25) is 9.53 Å². The second-order valence-corrected chi connectivity index (χ2v) is 9.27. The number of fused-ring (bicyclic) bond motifs is 1. The average molecular weight is 502 g/mol. The second kappa shape index (κ2) is 9.35. The Kier molecular flexibility index (Phi) is 6.43. The third-order valence-corrected chi connectivity index (χ3v) is 6.59. The number of ether oxygens (including phenoxy) is 3. The summed E-state index contributed by atoms with van der Waals surface area (Å²) in [6.07, 6.45) is -3.66. The zero-order valence-corrected chi connectivity index (χ0v) is 18.8.